The first-order chi connectivity index (χ1) is 11.5. The molecule has 2 rings (SSSR count). The van der Waals surface area contributed by atoms with Gasteiger partial charge in [-0.2, -0.15) is 0 Å². The first-order valence-electron chi connectivity index (χ1n) is 8.56. The van der Waals surface area contributed by atoms with E-state index in [4.69, 9.17) is 4.74 Å². The zero-order chi connectivity index (χ0) is 17.5. The van der Waals surface area contributed by atoms with Crippen molar-refractivity contribution in [1.29, 1.82) is 0 Å². The second-order valence-corrected chi connectivity index (χ2v) is 6.55. The zero-order valence-electron chi connectivity index (χ0n) is 14.7. The topological polar surface area (TPSA) is 55.8 Å². The van der Waals surface area contributed by atoms with Gasteiger partial charge in [0.25, 0.3) is 0 Å². The molecule has 1 aromatic carbocycles. The van der Waals surface area contributed by atoms with Crippen molar-refractivity contribution in [2.45, 2.75) is 45.3 Å². The molecule has 1 aromatic rings. The molecular weight excluding hydrogens is 306 g/mol. The van der Waals surface area contributed by atoms with Crippen molar-refractivity contribution >= 4 is 11.9 Å². The number of amides is 1. The Morgan fingerprint density at radius 1 is 1.21 bits per heavy atom. The first-order valence-corrected chi connectivity index (χ1v) is 8.56. The van der Waals surface area contributed by atoms with E-state index in [1.165, 1.54) is 7.11 Å². The largest absolute Gasteiger partial charge is 0.469 e. The van der Waals surface area contributed by atoms with Crippen LogP contribution >= 0.6 is 0 Å². The monoisotopic (exact) mass is 333 g/mol. The molecule has 0 radical (unpaired) electrons. The Bertz CT molecular complexity index is 544. The minimum Gasteiger partial charge on any atom is -0.469 e. The SMILES string of the molecule is COC(=O)CCCC(=O)N1C[C@@H](c2ccccc2)O[C@@H](C(C)C)C1. The fraction of sp³-hybridized carbons (Fsp3) is 0.579. The second-order valence-electron chi connectivity index (χ2n) is 6.55. The summed E-state index contributed by atoms with van der Waals surface area (Å²) in [5.41, 5.74) is 1.09. The lowest BCUT2D eigenvalue weighted by Gasteiger charge is -2.40. The number of benzene rings is 1. The summed E-state index contributed by atoms with van der Waals surface area (Å²) in [4.78, 5) is 25.6. The maximum atomic E-state index is 12.5. The molecule has 5 heteroatoms. The highest BCUT2D eigenvalue weighted by molar-refractivity contribution is 5.77. The normalized spacial score (nSPS) is 20.9. The van der Waals surface area contributed by atoms with Crippen LogP contribution in [0.2, 0.25) is 0 Å². The molecule has 1 amide bonds. The molecular formula is C19H27NO4. The summed E-state index contributed by atoms with van der Waals surface area (Å²) in [6.45, 7) is 5.39. The van der Waals surface area contributed by atoms with Crippen LogP contribution in [0.4, 0.5) is 0 Å². The number of ether oxygens (including phenoxy) is 2. The van der Waals surface area contributed by atoms with Gasteiger partial charge in [0.15, 0.2) is 0 Å². The third-order valence-corrected chi connectivity index (χ3v) is 4.39. The van der Waals surface area contributed by atoms with E-state index in [-0.39, 0.29) is 30.5 Å². The van der Waals surface area contributed by atoms with Crippen LogP contribution in [0.5, 0.6) is 0 Å². The van der Waals surface area contributed by atoms with Crippen molar-refractivity contribution < 1.29 is 19.1 Å². The summed E-state index contributed by atoms with van der Waals surface area (Å²) in [7, 11) is 1.36. The number of nitrogens with zero attached hydrogens (tertiary/aromatic N) is 1. The highest BCUT2D eigenvalue weighted by Crippen LogP contribution is 2.28. The third-order valence-electron chi connectivity index (χ3n) is 4.39. The smallest absolute Gasteiger partial charge is 0.305 e. The standard InChI is InChI=1S/C19H27NO4/c1-14(2)16-12-20(18(21)10-7-11-19(22)23-3)13-17(24-16)15-8-5-4-6-9-15/h4-6,8-9,14,16-17H,7,10-13H2,1-3H3/t16-,17+/m1/s1. The predicted molar refractivity (Wildman–Crippen MR) is 91.3 cm³/mol. The van der Waals surface area contributed by atoms with Gasteiger partial charge in [-0.15, -0.1) is 0 Å². The van der Waals surface area contributed by atoms with E-state index in [0.29, 0.717) is 31.8 Å². The van der Waals surface area contributed by atoms with Gasteiger partial charge < -0.3 is 14.4 Å². The number of carbonyl (C=O) groups excluding carboxylic acids is 2. The van der Waals surface area contributed by atoms with Crippen LogP contribution in [0.3, 0.4) is 0 Å². The van der Waals surface area contributed by atoms with E-state index in [1.807, 2.05) is 35.2 Å². The number of hydrogen-bond acceptors (Lipinski definition) is 4. The van der Waals surface area contributed by atoms with Gasteiger partial charge in [0.2, 0.25) is 5.91 Å². The molecule has 24 heavy (non-hydrogen) atoms. The van der Waals surface area contributed by atoms with E-state index >= 15 is 0 Å². The van der Waals surface area contributed by atoms with E-state index in [0.717, 1.165) is 5.56 Å². The minimum absolute atomic E-state index is 0.0218. The maximum Gasteiger partial charge on any atom is 0.305 e. The number of methoxy groups -OCH3 is 1. The molecule has 0 spiro atoms. The summed E-state index contributed by atoms with van der Waals surface area (Å²) < 4.78 is 10.8. The molecule has 1 heterocycles. The maximum absolute atomic E-state index is 12.5. The Balaban J connectivity index is 2.00. The Labute approximate surface area is 143 Å². The fourth-order valence-electron chi connectivity index (χ4n) is 2.86. The van der Waals surface area contributed by atoms with Crippen molar-refractivity contribution in [2.75, 3.05) is 20.2 Å². The molecule has 0 unspecified atom stereocenters. The third kappa shape index (κ3) is 5.06. The number of carbonyl (C=O) groups is 2. The molecule has 0 bridgehead atoms. The molecule has 1 saturated heterocycles. The van der Waals surface area contributed by atoms with E-state index in [1.54, 1.807) is 0 Å². The second kappa shape index (κ2) is 8.83. The average molecular weight is 333 g/mol. The summed E-state index contributed by atoms with van der Waals surface area (Å²) in [6, 6.07) is 10.0. The molecule has 5 nitrogen and oxygen atoms in total. The molecule has 0 saturated carbocycles. The molecule has 0 aliphatic carbocycles. The molecule has 1 aliphatic heterocycles. The average Bonchev–Trinajstić information content (AvgIpc) is 2.61. The summed E-state index contributed by atoms with van der Waals surface area (Å²) in [6.07, 6.45) is 1.08. The van der Waals surface area contributed by atoms with Gasteiger partial charge in [0, 0.05) is 19.4 Å². The van der Waals surface area contributed by atoms with Gasteiger partial charge in [0.05, 0.1) is 19.8 Å². The van der Waals surface area contributed by atoms with Gasteiger partial charge in [-0.25, -0.2) is 0 Å². The number of morpholine rings is 1. The predicted octanol–water partition coefficient (Wildman–Crippen LogP) is 2.95. The molecule has 1 fully saturated rings. The van der Waals surface area contributed by atoms with Crippen molar-refractivity contribution in [3.05, 3.63) is 35.9 Å². The number of hydrogen-bond donors (Lipinski definition) is 0. The highest BCUT2D eigenvalue weighted by atomic mass is 16.5. The zero-order valence-corrected chi connectivity index (χ0v) is 14.7. The van der Waals surface area contributed by atoms with Gasteiger partial charge in [-0.3, -0.25) is 9.59 Å². The lowest BCUT2D eigenvalue weighted by atomic mass is 10.0. The number of rotatable bonds is 6. The Kier molecular flexibility index (Phi) is 6.79. The van der Waals surface area contributed by atoms with Gasteiger partial charge >= 0.3 is 5.97 Å². The summed E-state index contributed by atoms with van der Waals surface area (Å²) >= 11 is 0. The molecule has 2 atom stereocenters. The summed E-state index contributed by atoms with van der Waals surface area (Å²) in [5, 5.41) is 0. The first kappa shape index (κ1) is 18.5. The van der Waals surface area contributed by atoms with E-state index in [2.05, 4.69) is 18.6 Å². The van der Waals surface area contributed by atoms with E-state index < -0.39 is 0 Å². The van der Waals surface area contributed by atoms with Crippen LogP contribution in [0.25, 0.3) is 0 Å². The van der Waals surface area contributed by atoms with Gasteiger partial charge in [0.1, 0.15) is 6.10 Å². The van der Waals surface area contributed by atoms with Crippen molar-refractivity contribution in [1.82, 2.24) is 4.90 Å². The highest BCUT2D eigenvalue weighted by Gasteiger charge is 2.32. The van der Waals surface area contributed by atoms with E-state index in [9.17, 15) is 9.59 Å². The van der Waals surface area contributed by atoms with Crippen molar-refractivity contribution in [3.8, 4) is 0 Å². The Morgan fingerprint density at radius 2 is 1.92 bits per heavy atom. The molecule has 0 N–H and O–H groups in total. The lowest BCUT2D eigenvalue weighted by molar-refractivity contribution is -0.150. The molecule has 132 valence electrons. The van der Waals surface area contributed by atoms with Crippen LogP contribution in [-0.2, 0) is 19.1 Å². The summed E-state index contributed by atoms with van der Waals surface area (Å²) in [5.74, 6) is 0.141. The van der Waals surface area contributed by atoms with Crippen LogP contribution in [0, 0.1) is 5.92 Å². The van der Waals surface area contributed by atoms with Gasteiger partial charge in [-0.1, -0.05) is 44.2 Å². The molecule has 1 aliphatic rings. The molecule has 0 aromatic heterocycles. The fourth-order valence-corrected chi connectivity index (χ4v) is 2.86. The number of esters is 1. The van der Waals surface area contributed by atoms with Crippen LogP contribution in [0.1, 0.15) is 44.8 Å². The van der Waals surface area contributed by atoms with Crippen LogP contribution < -0.4 is 0 Å². The van der Waals surface area contributed by atoms with Crippen LogP contribution in [-0.4, -0.2) is 43.1 Å². The quantitative estimate of drug-likeness (QED) is 0.751. The Hall–Kier alpha value is -1.88. The van der Waals surface area contributed by atoms with Crippen molar-refractivity contribution in [3.63, 3.8) is 0 Å². The van der Waals surface area contributed by atoms with Crippen LogP contribution in [0.15, 0.2) is 30.3 Å². The van der Waals surface area contributed by atoms with Gasteiger partial charge in [-0.05, 0) is 17.9 Å². The lowest BCUT2D eigenvalue weighted by Crippen LogP contribution is -2.48. The van der Waals surface area contributed by atoms with Crippen molar-refractivity contribution in [2.24, 2.45) is 5.92 Å². The minimum atomic E-state index is -0.271. The Morgan fingerprint density at radius 3 is 2.54 bits per heavy atom.